The van der Waals surface area contributed by atoms with E-state index in [0.29, 0.717) is 17.7 Å². The summed E-state index contributed by atoms with van der Waals surface area (Å²) in [4.78, 5) is 13.5. The minimum Gasteiger partial charge on any atom is -0.342 e. The second kappa shape index (κ2) is 4.49. The van der Waals surface area contributed by atoms with Crippen LogP contribution in [0.2, 0.25) is 0 Å². The third kappa shape index (κ3) is 2.04. The van der Waals surface area contributed by atoms with Gasteiger partial charge in [-0.05, 0) is 19.4 Å². The molecule has 0 aromatic rings. The molecule has 2 fully saturated rings. The van der Waals surface area contributed by atoms with Crippen molar-refractivity contribution < 1.29 is 4.79 Å². The van der Waals surface area contributed by atoms with E-state index in [0.717, 1.165) is 26.2 Å². The molecule has 2 heterocycles. The highest BCUT2D eigenvalue weighted by atomic mass is 35.5. The second-order valence-corrected chi connectivity index (χ2v) is 4.35. The fraction of sp³-hybridized carbons (Fsp3) is 0.900. The van der Waals surface area contributed by atoms with Crippen LogP contribution in [0, 0.1) is 5.41 Å². The average molecular weight is 219 g/mol. The standard InChI is InChI=1S/C10H18N2O.ClH/c1-2-9(13)12-6-4-10(8-12)3-5-11-7-10;/h11H,2-8H2,1H3;1H. The number of rotatable bonds is 1. The number of nitrogens with zero attached hydrogens (tertiary/aromatic N) is 1. The van der Waals surface area contributed by atoms with Crippen LogP contribution in [-0.2, 0) is 4.79 Å². The van der Waals surface area contributed by atoms with Gasteiger partial charge in [0.25, 0.3) is 0 Å². The molecular formula is C10H19ClN2O. The SMILES string of the molecule is CCC(=O)N1CCC2(CCNC2)C1.Cl. The van der Waals surface area contributed by atoms with E-state index in [1.54, 1.807) is 0 Å². The molecule has 1 N–H and O–H groups in total. The fourth-order valence-corrected chi connectivity index (χ4v) is 2.52. The first kappa shape index (κ1) is 11.8. The van der Waals surface area contributed by atoms with Crippen LogP contribution in [0.1, 0.15) is 26.2 Å². The maximum absolute atomic E-state index is 11.5. The molecule has 82 valence electrons. The van der Waals surface area contributed by atoms with Crippen LogP contribution in [0.4, 0.5) is 0 Å². The van der Waals surface area contributed by atoms with Crippen molar-refractivity contribution in [3.05, 3.63) is 0 Å². The summed E-state index contributed by atoms with van der Waals surface area (Å²) in [6.45, 7) is 6.16. The van der Waals surface area contributed by atoms with Gasteiger partial charge in [-0.25, -0.2) is 0 Å². The molecule has 0 radical (unpaired) electrons. The Labute approximate surface area is 91.6 Å². The van der Waals surface area contributed by atoms with Crippen LogP contribution in [0.3, 0.4) is 0 Å². The summed E-state index contributed by atoms with van der Waals surface area (Å²) in [6, 6.07) is 0. The minimum absolute atomic E-state index is 0. The molecule has 2 rings (SSSR count). The predicted molar refractivity (Wildman–Crippen MR) is 58.7 cm³/mol. The van der Waals surface area contributed by atoms with Crippen molar-refractivity contribution in [2.75, 3.05) is 26.2 Å². The third-order valence-electron chi connectivity index (χ3n) is 3.43. The van der Waals surface area contributed by atoms with E-state index in [1.165, 1.54) is 12.8 Å². The fourth-order valence-electron chi connectivity index (χ4n) is 2.52. The summed E-state index contributed by atoms with van der Waals surface area (Å²) in [6.07, 6.45) is 3.11. The monoisotopic (exact) mass is 218 g/mol. The highest BCUT2D eigenvalue weighted by Crippen LogP contribution is 2.35. The summed E-state index contributed by atoms with van der Waals surface area (Å²) < 4.78 is 0. The van der Waals surface area contributed by atoms with E-state index in [4.69, 9.17) is 0 Å². The normalized spacial score (nSPS) is 30.8. The van der Waals surface area contributed by atoms with Gasteiger partial charge in [0.2, 0.25) is 5.91 Å². The van der Waals surface area contributed by atoms with Gasteiger partial charge in [-0.2, -0.15) is 0 Å². The molecule has 0 aromatic heterocycles. The van der Waals surface area contributed by atoms with Crippen molar-refractivity contribution in [2.45, 2.75) is 26.2 Å². The Morgan fingerprint density at radius 3 is 2.86 bits per heavy atom. The molecule has 1 unspecified atom stereocenters. The molecule has 1 amide bonds. The Kier molecular flexibility index (Phi) is 3.78. The third-order valence-corrected chi connectivity index (χ3v) is 3.43. The van der Waals surface area contributed by atoms with Gasteiger partial charge in [-0.1, -0.05) is 6.92 Å². The quantitative estimate of drug-likeness (QED) is 0.713. The molecule has 0 bridgehead atoms. The molecule has 1 spiro atoms. The average Bonchev–Trinajstić information content (AvgIpc) is 2.76. The van der Waals surface area contributed by atoms with E-state index in [-0.39, 0.29) is 12.4 Å². The molecule has 0 aromatic carbocycles. The highest BCUT2D eigenvalue weighted by molar-refractivity contribution is 5.85. The molecule has 2 saturated heterocycles. The number of carbonyl (C=O) groups excluding carboxylic acids is 1. The van der Waals surface area contributed by atoms with Gasteiger partial charge in [0, 0.05) is 31.5 Å². The Hall–Kier alpha value is -0.280. The van der Waals surface area contributed by atoms with E-state index < -0.39 is 0 Å². The van der Waals surface area contributed by atoms with Crippen LogP contribution < -0.4 is 5.32 Å². The van der Waals surface area contributed by atoms with Crippen molar-refractivity contribution in [3.63, 3.8) is 0 Å². The van der Waals surface area contributed by atoms with Gasteiger partial charge in [0.15, 0.2) is 0 Å². The second-order valence-electron chi connectivity index (χ2n) is 4.35. The Morgan fingerprint density at radius 2 is 2.29 bits per heavy atom. The van der Waals surface area contributed by atoms with E-state index in [9.17, 15) is 4.79 Å². The molecule has 14 heavy (non-hydrogen) atoms. The van der Waals surface area contributed by atoms with Crippen LogP contribution in [-0.4, -0.2) is 37.0 Å². The van der Waals surface area contributed by atoms with Gasteiger partial charge < -0.3 is 10.2 Å². The zero-order valence-electron chi connectivity index (χ0n) is 8.71. The Balaban J connectivity index is 0.000000980. The zero-order chi connectivity index (χ0) is 9.31. The molecule has 1 atom stereocenters. The van der Waals surface area contributed by atoms with Gasteiger partial charge in [-0.3, -0.25) is 4.79 Å². The van der Waals surface area contributed by atoms with Crippen LogP contribution >= 0.6 is 12.4 Å². The lowest BCUT2D eigenvalue weighted by molar-refractivity contribution is -0.130. The Bertz CT molecular complexity index is 214. The lowest BCUT2D eigenvalue weighted by Crippen LogP contribution is -2.32. The van der Waals surface area contributed by atoms with Gasteiger partial charge >= 0.3 is 0 Å². The predicted octanol–water partition coefficient (Wildman–Crippen LogP) is 1.03. The van der Waals surface area contributed by atoms with Crippen molar-refractivity contribution in [1.82, 2.24) is 10.2 Å². The first-order valence-electron chi connectivity index (χ1n) is 5.24. The number of carbonyl (C=O) groups is 1. The smallest absolute Gasteiger partial charge is 0.222 e. The number of hydrogen-bond acceptors (Lipinski definition) is 2. The van der Waals surface area contributed by atoms with E-state index in [1.807, 2.05) is 11.8 Å². The molecule has 2 aliphatic heterocycles. The largest absolute Gasteiger partial charge is 0.342 e. The number of amides is 1. The van der Waals surface area contributed by atoms with Crippen molar-refractivity contribution >= 4 is 18.3 Å². The van der Waals surface area contributed by atoms with Gasteiger partial charge in [0.05, 0.1) is 0 Å². The summed E-state index contributed by atoms with van der Waals surface area (Å²) in [5.74, 6) is 0.323. The van der Waals surface area contributed by atoms with Crippen LogP contribution in [0.5, 0.6) is 0 Å². The van der Waals surface area contributed by atoms with Gasteiger partial charge in [-0.15, -0.1) is 12.4 Å². The Morgan fingerprint density at radius 1 is 1.50 bits per heavy atom. The highest BCUT2D eigenvalue weighted by Gasteiger charge is 2.41. The number of hydrogen-bond donors (Lipinski definition) is 1. The van der Waals surface area contributed by atoms with Crippen molar-refractivity contribution in [1.29, 1.82) is 0 Å². The molecule has 3 nitrogen and oxygen atoms in total. The maximum Gasteiger partial charge on any atom is 0.222 e. The molecule has 0 saturated carbocycles. The topological polar surface area (TPSA) is 32.3 Å². The van der Waals surface area contributed by atoms with Crippen LogP contribution in [0.15, 0.2) is 0 Å². The van der Waals surface area contributed by atoms with Crippen molar-refractivity contribution in [2.24, 2.45) is 5.41 Å². The first-order chi connectivity index (χ1) is 6.26. The molecule has 2 aliphatic rings. The van der Waals surface area contributed by atoms with Crippen molar-refractivity contribution in [3.8, 4) is 0 Å². The summed E-state index contributed by atoms with van der Waals surface area (Å²) in [7, 11) is 0. The lowest BCUT2D eigenvalue weighted by Gasteiger charge is -2.22. The first-order valence-corrected chi connectivity index (χ1v) is 5.24. The summed E-state index contributed by atoms with van der Waals surface area (Å²) in [5.41, 5.74) is 0.435. The minimum atomic E-state index is 0. The maximum atomic E-state index is 11.5. The van der Waals surface area contributed by atoms with E-state index in [2.05, 4.69) is 5.32 Å². The van der Waals surface area contributed by atoms with Gasteiger partial charge in [0.1, 0.15) is 0 Å². The summed E-state index contributed by atoms with van der Waals surface area (Å²) >= 11 is 0. The molecular weight excluding hydrogens is 200 g/mol. The lowest BCUT2D eigenvalue weighted by atomic mass is 9.87. The molecule has 0 aliphatic carbocycles. The van der Waals surface area contributed by atoms with Crippen LogP contribution in [0.25, 0.3) is 0 Å². The number of likely N-dealkylation sites (tertiary alicyclic amines) is 1. The molecule has 4 heteroatoms. The summed E-state index contributed by atoms with van der Waals surface area (Å²) in [5, 5.41) is 3.39. The van der Waals surface area contributed by atoms with E-state index >= 15 is 0 Å². The number of nitrogens with one attached hydrogen (secondary N) is 1. The zero-order valence-corrected chi connectivity index (χ0v) is 9.53. The number of halogens is 1.